The first-order valence-corrected chi connectivity index (χ1v) is 12.0. The van der Waals surface area contributed by atoms with Crippen molar-refractivity contribution in [3.63, 3.8) is 0 Å². The smallest absolute Gasteiger partial charge is 0.240 e. The van der Waals surface area contributed by atoms with Gasteiger partial charge in [0.1, 0.15) is 0 Å². The monoisotopic (exact) mass is 476 g/mol. The van der Waals surface area contributed by atoms with E-state index in [4.69, 9.17) is 23.2 Å². The molecular formula is C23H22Cl2N2O3S. The number of sulfonamides is 1. The highest BCUT2D eigenvalue weighted by molar-refractivity contribution is 7.89. The number of hydrogen-bond acceptors (Lipinski definition) is 3. The number of benzene rings is 3. The van der Waals surface area contributed by atoms with Crippen molar-refractivity contribution in [2.45, 2.75) is 24.2 Å². The molecule has 1 amide bonds. The maximum atomic E-state index is 12.5. The summed E-state index contributed by atoms with van der Waals surface area (Å²) in [6, 6.07) is 21.2. The lowest BCUT2D eigenvalue weighted by Crippen LogP contribution is -2.26. The average Bonchev–Trinajstić information content (AvgIpc) is 2.76. The Morgan fingerprint density at radius 2 is 1.39 bits per heavy atom. The molecule has 3 rings (SSSR count). The van der Waals surface area contributed by atoms with Gasteiger partial charge in [-0.25, -0.2) is 13.1 Å². The molecule has 31 heavy (non-hydrogen) atoms. The van der Waals surface area contributed by atoms with Crippen LogP contribution < -0.4 is 10.0 Å². The van der Waals surface area contributed by atoms with Crippen LogP contribution in [0.5, 0.6) is 0 Å². The normalized spacial score (nSPS) is 11.3. The van der Waals surface area contributed by atoms with Crippen molar-refractivity contribution in [3.05, 3.63) is 94.0 Å². The van der Waals surface area contributed by atoms with Gasteiger partial charge in [0.25, 0.3) is 0 Å². The SMILES string of the molecule is O=C(CCc1ccc(S(=O)(=O)NCCc2ccccc2)cc1)Nc1c(Cl)cccc1Cl. The zero-order valence-corrected chi connectivity index (χ0v) is 19.0. The zero-order valence-electron chi connectivity index (χ0n) is 16.6. The van der Waals surface area contributed by atoms with Crippen LogP contribution >= 0.6 is 23.2 Å². The molecule has 2 N–H and O–H groups in total. The summed E-state index contributed by atoms with van der Waals surface area (Å²) < 4.78 is 27.5. The van der Waals surface area contributed by atoms with Crippen LogP contribution in [0.25, 0.3) is 0 Å². The molecule has 0 radical (unpaired) electrons. The van der Waals surface area contributed by atoms with Crippen LogP contribution in [0.4, 0.5) is 5.69 Å². The summed E-state index contributed by atoms with van der Waals surface area (Å²) in [4.78, 5) is 12.4. The number of anilines is 1. The lowest BCUT2D eigenvalue weighted by Gasteiger charge is -2.10. The fourth-order valence-corrected chi connectivity index (χ4v) is 4.49. The summed E-state index contributed by atoms with van der Waals surface area (Å²) in [5.41, 5.74) is 2.30. The van der Waals surface area contributed by atoms with Crippen LogP contribution in [0.2, 0.25) is 10.0 Å². The zero-order chi connectivity index (χ0) is 22.3. The Hall–Kier alpha value is -2.38. The third kappa shape index (κ3) is 6.80. The van der Waals surface area contributed by atoms with Gasteiger partial charge >= 0.3 is 0 Å². The van der Waals surface area contributed by atoms with E-state index in [1.54, 1.807) is 42.5 Å². The second kappa shape index (κ2) is 10.8. The Balaban J connectivity index is 1.51. The Bertz CT molecular complexity index is 1110. The van der Waals surface area contributed by atoms with Crippen LogP contribution in [0.1, 0.15) is 17.5 Å². The molecule has 0 saturated heterocycles. The van der Waals surface area contributed by atoms with Crippen LogP contribution in [-0.4, -0.2) is 20.9 Å². The first-order valence-electron chi connectivity index (χ1n) is 9.71. The quantitative estimate of drug-likeness (QED) is 0.451. The molecule has 0 aromatic heterocycles. The van der Waals surface area contributed by atoms with Gasteiger partial charge in [0.05, 0.1) is 20.6 Å². The molecule has 0 spiro atoms. The fourth-order valence-electron chi connectivity index (χ4n) is 2.97. The lowest BCUT2D eigenvalue weighted by molar-refractivity contribution is -0.116. The van der Waals surface area contributed by atoms with E-state index in [1.807, 2.05) is 30.3 Å². The first kappa shape index (κ1) is 23.3. The molecule has 3 aromatic rings. The minimum absolute atomic E-state index is 0.191. The molecule has 0 saturated carbocycles. The molecule has 0 heterocycles. The number of amides is 1. The third-order valence-electron chi connectivity index (χ3n) is 4.65. The van der Waals surface area contributed by atoms with Gasteiger partial charge < -0.3 is 5.32 Å². The molecule has 5 nitrogen and oxygen atoms in total. The van der Waals surface area contributed by atoms with Gasteiger partial charge in [-0.15, -0.1) is 0 Å². The van der Waals surface area contributed by atoms with E-state index in [1.165, 1.54) is 0 Å². The highest BCUT2D eigenvalue weighted by Crippen LogP contribution is 2.29. The van der Waals surface area contributed by atoms with E-state index in [2.05, 4.69) is 10.0 Å². The topological polar surface area (TPSA) is 75.3 Å². The van der Waals surface area contributed by atoms with E-state index < -0.39 is 10.0 Å². The number of carbonyl (C=O) groups is 1. The summed E-state index contributed by atoms with van der Waals surface area (Å²) in [5.74, 6) is -0.228. The van der Waals surface area contributed by atoms with E-state index in [-0.39, 0.29) is 17.2 Å². The van der Waals surface area contributed by atoms with Crippen molar-refractivity contribution in [1.29, 1.82) is 0 Å². The maximum absolute atomic E-state index is 12.5. The highest BCUT2D eigenvalue weighted by Gasteiger charge is 2.14. The van der Waals surface area contributed by atoms with Crippen molar-refractivity contribution in [1.82, 2.24) is 4.72 Å². The van der Waals surface area contributed by atoms with Crippen molar-refractivity contribution in [2.24, 2.45) is 0 Å². The number of carbonyl (C=O) groups excluding carboxylic acids is 1. The molecule has 8 heteroatoms. The van der Waals surface area contributed by atoms with Gasteiger partial charge in [-0.05, 0) is 48.2 Å². The van der Waals surface area contributed by atoms with Gasteiger partial charge in [-0.1, -0.05) is 71.7 Å². The molecule has 3 aromatic carbocycles. The summed E-state index contributed by atoms with van der Waals surface area (Å²) >= 11 is 12.1. The number of nitrogens with one attached hydrogen (secondary N) is 2. The van der Waals surface area contributed by atoms with Gasteiger partial charge in [0, 0.05) is 13.0 Å². The summed E-state index contributed by atoms with van der Waals surface area (Å²) in [5, 5.41) is 3.45. The largest absolute Gasteiger partial charge is 0.324 e. The molecule has 0 fully saturated rings. The molecule has 0 atom stereocenters. The summed E-state index contributed by atoms with van der Waals surface area (Å²) in [7, 11) is -3.59. The molecule has 0 aliphatic rings. The van der Waals surface area contributed by atoms with Crippen molar-refractivity contribution < 1.29 is 13.2 Å². The minimum atomic E-state index is -3.59. The van der Waals surface area contributed by atoms with Crippen LogP contribution in [0.15, 0.2) is 77.7 Å². The minimum Gasteiger partial charge on any atom is -0.324 e. The number of aryl methyl sites for hydroxylation is 1. The van der Waals surface area contributed by atoms with Gasteiger partial charge in [0.15, 0.2) is 0 Å². The molecule has 0 unspecified atom stereocenters. The number of para-hydroxylation sites is 1. The van der Waals surface area contributed by atoms with Gasteiger partial charge in [0.2, 0.25) is 15.9 Å². The lowest BCUT2D eigenvalue weighted by atomic mass is 10.1. The van der Waals surface area contributed by atoms with Crippen molar-refractivity contribution in [2.75, 3.05) is 11.9 Å². The van der Waals surface area contributed by atoms with E-state index in [0.29, 0.717) is 35.1 Å². The van der Waals surface area contributed by atoms with E-state index in [9.17, 15) is 13.2 Å². The number of hydrogen-bond donors (Lipinski definition) is 2. The molecule has 162 valence electrons. The number of halogens is 2. The van der Waals surface area contributed by atoms with Gasteiger partial charge in [-0.2, -0.15) is 0 Å². The van der Waals surface area contributed by atoms with Crippen LogP contribution in [0, 0.1) is 0 Å². The third-order valence-corrected chi connectivity index (χ3v) is 6.76. The Morgan fingerprint density at radius 1 is 0.774 bits per heavy atom. The number of rotatable bonds is 9. The van der Waals surface area contributed by atoms with E-state index >= 15 is 0 Å². The summed E-state index contributed by atoms with van der Waals surface area (Å²) in [6.07, 6.45) is 1.28. The van der Waals surface area contributed by atoms with Gasteiger partial charge in [-0.3, -0.25) is 4.79 Å². The molecular weight excluding hydrogens is 455 g/mol. The van der Waals surface area contributed by atoms with E-state index in [0.717, 1.165) is 11.1 Å². The van der Waals surface area contributed by atoms with Crippen LogP contribution in [-0.2, 0) is 27.7 Å². The Kier molecular flexibility index (Phi) is 8.09. The predicted octanol–water partition coefficient (Wildman–Crippen LogP) is 5.09. The predicted molar refractivity (Wildman–Crippen MR) is 125 cm³/mol. The second-order valence-corrected chi connectivity index (χ2v) is 9.50. The summed E-state index contributed by atoms with van der Waals surface area (Å²) in [6.45, 7) is 0.318. The maximum Gasteiger partial charge on any atom is 0.240 e. The molecule has 0 aliphatic carbocycles. The van der Waals surface area contributed by atoms with Crippen molar-refractivity contribution >= 4 is 44.8 Å². The van der Waals surface area contributed by atoms with Crippen molar-refractivity contribution in [3.8, 4) is 0 Å². The fraction of sp³-hybridized carbons (Fsp3) is 0.174. The standard InChI is InChI=1S/C23H22Cl2N2O3S/c24-20-7-4-8-21(25)23(20)27-22(28)14-11-18-9-12-19(13-10-18)31(29,30)26-16-15-17-5-2-1-3-6-17/h1-10,12-13,26H,11,14-16H2,(H,27,28). The molecule has 0 bridgehead atoms. The average molecular weight is 477 g/mol. The first-order chi connectivity index (χ1) is 14.8. The van der Waals surface area contributed by atoms with Crippen LogP contribution in [0.3, 0.4) is 0 Å². The highest BCUT2D eigenvalue weighted by atomic mass is 35.5. The Labute approximate surface area is 192 Å². The molecule has 0 aliphatic heterocycles. The second-order valence-electron chi connectivity index (χ2n) is 6.92. The Morgan fingerprint density at radius 3 is 2.03 bits per heavy atom.